The van der Waals surface area contributed by atoms with E-state index in [0.717, 1.165) is 36.8 Å². The lowest BCUT2D eigenvalue weighted by molar-refractivity contribution is 0.338. The van der Waals surface area contributed by atoms with E-state index in [1.807, 2.05) is 53.9 Å². The smallest absolute Gasteiger partial charge is 0.258 e. The zero-order chi connectivity index (χ0) is 34.9. The molecule has 0 saturated heterocycles. The van der Waals surface area contributed by atoms with Crippen LogP contribution in [0.4, 0.5) is 22.7 Å². The van der Waals surface area contributed by atoms with Crippen molar-refractivity contribution in [2.24, 2.45) is 0 Å². The predicted octanol–water partition coefficient (Wildman–Crippen LogP) is 12.5. The van der Waals surface area contributed by atoms with Gasteiger partial charge in [0.15, 0.2) is 0 Å². The van der Waals surface area contributed by atoms with Crippen molar-refractivity contribution in [3.8, 4) is 22.8 Å². The Morgan fingerprint density at radius 3 is 1.34 bits per heavy atom. The van der Waals surface area contributed by atoms with Crippen LogP contribution in [-0.2, 0) is 0 Å². The Morgan fingerprint density at radius 2 is 0.887 bits per heavy atom. The second-order valence-corrected chi connectivity index (χ2v) is 16.8. The Bertz CT molecular complexity index is 2260. The van der Waals surface area contributed by atoms with Crippen LogP contribution in [-0.4, -0.2) is 22.2 Å². The van der Waals surface area contributed by atoms with Gasteiger partial charge in [-0.25, -0.2) is 0 Å². The SMILES string of the molecule is c1ccc(-c2nc(-c3cc(C4CC(N5c6ccccc6Sc6ccccc65)C4)cc(C4CC(N5c6ccccc6Sc6ccccc65)C4)c3)no2)cc1. The van der Waals surface area contributed by atoms with Gasteiger partial charge < -0.3 is 14.3 Å². The van der Waals surface area contributed by atoms with Crippen LogP contribution in [0.15, 0.2) is 170 Å². The van der Waals surface area contributed by atoms with Gasteiger partial charge in [-0.1, -0.05) is 101 Å². The van der Waals surface area contributed by atoms with E-state index >= 15 is 0 Å². The molecule has 5 nitrogen and oxygen atoms in total. The van der Waals surface area contributed by atoms with Gasteiger partial charge in [0, 0.05) is 42.8 Å². The third kappa shape index (κ3) is 5.40. The Hall–Kier alpha value is -5.24. The van der Waals surface area contributed by atoms with Crippen LogP contribution >= 0.6 is 23.5 Å². The molecule has 0 atom stereocenters. The van der Waals surface area contributed by atoms with E-state index in [9.17, 15) is 0 Å². The first-order valence-corrected chi connectivity index (χ1v) is 20.2. The highest BCUT2D eigenvalue weighted by Gasteiger charge is 2.41. The molecule has 53 heavy (non-hydrogen) atoms. The quantitative estimate of drug-likeness (QED) is 0.169. The summed E-state index contributed by atoms with van der Waals surface area (Å²) in [5.74, 6) is 2.13. The van der Waals surface area contributed by atoms with Crippen LogP contribution in [0.3, 0.4) is 0 Å². The van der Waals surface area contributed by atoms with Gasteiger partial charge in [0.05, 0.1) is 22.7 Å². The lowest BCUT2D eigenvalue weighted by Gasteiger charge is -2.48. The highest BCUT2D eigenvalue weighted by Crippen LogP contribution is 2.56. The van der Waals surface area contributed by atoms with Crippen molar-refractivity contribution < 1.29 is 4.52 Å². The minimum atomic E-state index is 0.440. The third-order valence-corrected chi connectivity index (χ3v) is 13.8. The Labute approximate surface area is 318 Å². The second-order valence-electron chi connectivity index (χ2n) is 14.6. The number of anilines is 4. The zero-order valence-electron chi connectivity index (χ0n) is 29.0. The molecule has 11 rings (SSSR count). The Kier molecular flexibility index (Phi) is 7.51. The molecule has 2 saturated carbocycles. The lowest BCUT2D eigenvalue weighted by atomic mass is 9.70. The summed E-state index contributed by atoms with van der Waals surface area (Å²) in [4.78, 5) is 15.5. The Balaban J connectivity index is 0.915. The van der Waals surface area contributed by atoms with Gasteiger partial charge in [-0.05, 0) is 121 Å². The first-order valence-electron chi connectivity index (χ1n) is 18.6. The van der Waals surface area contributed by atoms with Crippen molar-refractivity contribution in [2.45, 2.75) is 69.2 Å². The molecule has 0 bridgehead atoms. The van der Waals surface area contributed by atoms with Crippen molar-refractivity contribution in [3.05, 3.63) is 157 Å². The van der Waals surface area contributed by atoms with E-state index in [-0.39, 0.29) is 0 Å². The van der Waals surface area contributed by atoms with E-state index in [1.54, 1.807) is 0 Å². The number of nitrogens with zero attached hydrogens (tertiary/aromatic N) is 4. The Morgan fingerprint density at radius 1 is 0.472 bits per heavy atom. The number of fused-ring (bicyclic) bond motifs is 4. The fraction of sp³-hybridized carbons (Fsp3) is 0.174. The fourth-order valence-corrected chi connectivity index (χ4v) is 10.9. The van der Waals surface area contributed by atoms with Gasteiger partial charge >= 0.3 is 0 Å². The predicted molar refractivity (Wildman–Crippen MR) is 215 cm³/mol. The largest absolute Gasteiger partial charge is 0.336 e. The van der Waals surface area contributed by atoms with Gasteiger partial charge in [-0.3, -0.25) is 0 Å². The van der Waals surface area contributed by atoms with Gasteiger partial charge in [0.25, 0.3) is 5.89 Å². The summed E-state index contributed by atoms with van der Waals surface area (Å²) in [6, 6.07) is 53.6. The molecule has 1 aromatic heterocycles. The lowest BCUT2D eigenvalue weighted by Crippen LogP contribution is -2.43. The first-order chi connectivity index (χ1) is 26.2. The maximum atomic E-state index is 5.83. The summed E-state index contributed by atoms with van der Waals surface area (Å²) in [7, 11) is 0. The van der Waals surface area contributed by atoms with Crippen LogP contribution < -0.4 is 9.80 Å². The minimum absolute atomic E-state index is 0.440. The average Bonchev–Trinajstić information content (AvgIpc) is 3.67. The normalized spacial score (nSPS) is 21.1. The van der Waals surface area contributed by atoms with E-state index in [2.05, 4.69) is 130 Å². The molecular formula is C46H36N4OS2. The van der Waals surface area contributed by atoms with E-state index in [0.29, 0.717) is 35.6 Å². The van der Waals surface area contributed by atoms with Crippen molar-refractivity contribution in [1.29, 1.82) is 0 Å². The first kappa shape index (κ1) is 31.3. The summed E-state index contributed by atoms with van der Waals surface area (Å²) in [6.07, 6.45) is 4.40. The highest BCUT2D eigenvalue weighted by molar-refractivity contribution is 8.00. The molecule has 0 radical (unpaired) electrons. The third-order valence-electron chi connectivity index (χ3n) is 11.5. The summed E-state index contributed by atoms with van der Waals surface area (Å²) in [6.45, 7) is 0. The summed E-state index contributed by atoms with van der Waals surface area (Å²) in [5, 5.41) is 4.52. The van der Waals surface area contributed by atoms with Crippen LogP contribution in [0.5, 0.6) is 0 Å². The van der Waals surface area contributed by atoms with Crippen LogP contribution in [0.2, 0.25) is 0 Å². The molecule has 0 N–H and O–H groups in total. The standard InChI is InChI=1S/C46H36N4OS2/c1-2-12-29(13-3-1)46-47-45(48-51-46)34-23-30(32-25-35(26-32)49-37-14-4-8-18-41(37)52-42-19-9-5-15-38(42)49)22-31(24-34)33-27-36(28-33)50-39-16-6-10-20-43(39)53-44-21-11-7-17-40(44)50/h1-24,32-33,35-36H,25-28H2. The van der Waals surface area contributed by atoms with Gasteiger partial charge in [0.1, 0.15) is 0 Å². The molecule has 0 spiro atoms. The number of para-hydroxylation sites is 4. The summed E-state index contributed by atoms with van der Waals surface area (Å²) >= 11 is 3.77. The van der Waals surface area contributed by atoms with Crippen molar-refractivity contribution in [3.63, 3.8) is 0 Å². The molecule has 6 aromatic carbocycles. The summed E-state index contributed by atoms with van der Waals surface area (Å²) < 4.78 is 5.83. The molecule has 0 amide bonds. The molecule has 7 heteroatoms. The summed E-state index contributed by atoms with van der Waals surface area (Å²) in [5.41, 5.74) is 10.1. The fourth-order valence-electron chi connectivity index (χ4n) is 8.71. The average molecular weight is 725 g/mol. The molecule has 3 heterocycles. The molecule has 258 valence electrons. The zero-order valence-corrected chi connectivity index (χ0v) is 30.6. The van der Waals surface area contributed by atoms with Crippen molar-refractivity contribution in [2.75, 3.05) is 9.80 Å². The van der Waals surface area contributed by atoms with Crippen LogP contribution in [0.1, 0.15) is 48.6 Å². The van der Waals surface area contributed by atoms with Gasteiger partial charge in [-0.2, -0.15) is 4.98 Å². The highest BCUT2D eigenvalue weighted by atomic mass is 32.2. The molecule has 0 unspecified atom stereocenters. The number of hydrogen-bond acceptors (Lipinski definition) is 7. The van der Waals surface area contributed by atoms with Gasteiger partial charge in [-0.15, -0.1) is 0 Å². The minimum Gasteiger partial charge on any atom is -0.336 e. The van der Waals surface area contributed by atoms with E-state index in [1.165, 1.54) is 53.5 Å². The van der Waals surface area contributed by atoms with E-state index in [4.69, 9.17) is 9.51 Å². The molecular weight excluding hydrogens is 689 g/mol. The van der Waals surface area contributed by atoms with Crippen molar-refractivity contribution in [1.82, 2.24) is 10.1 Å². The number of aromatic nitrogens is 2. The number of benzene rings is 6. The second kappa shape index (κ2) is 12.7. The molecule has 2 aliphatic heterocycles. The van der Waals surface area contributed by atoms with Crippen molar-refractivity contribution >= 4 is 46.3 Å². The maximum absolute atomic E-state index is 5.83. The number of rotatable bonds is 6. The molecule has 2 aliphatic carbocycles. The van der Waals surface area contributed by atoms with Gasteiger partial charge in [0.2, 0.25) is 5.82 Å². The van der Waals surface area contributed by atoms with Crippen LogP contribution in [0, 0.1) is 0 Å². The molecule has 2 fully saturated rings. The number of hydrogen-bond donors (Lipinski definition) is 0. The maximum Gasteiger partial charge on any atom is 0.258 e. The van der Waals surface area contributed by atoms with Crippen LogP contribution in [0.25, 0.3) is 22.8 Å². The molecule has 4 aliphatic rings. The van der Waals surface area contributed by atoms with E-state index < -0.39 is 0 Å². The monoisotopic (exact) mass is 724 g/mol. The topological polar surface area (TPSA) is 45.4 Å². The molecule has 7 aromatic rings.